The van der Waals surface area contributed by atoms with Crippen molar-refractivity contribution in [3.05, 3.63) is 54.3 Å². The summed E-state index contributed by atoms with van der Waals surface area (Å²) in [7, 11) is 0. The summed E-state index contributed by atoms with van der Waals surface area (Å²) in [6, 6.07) is 13.4. The van der Waals surface area contributed by atoms with Crippen LogP contribution in [-0.2, 0) is 4.79 Å². The van der Waals surface area contributed by atoms with Crippen LogP contribution in [0, 0.1) is 5.82 Å². The van der Waals surface area contributed by atoms with E-state index in [2.05, 4.69) is 5.32 Å². The number of nitrogens with one attached hydrogen (secondary N) is 1. The van der Waals surface area contributed by atoms with Gasteiger partial charge in [0.1, 0.15) is 17.3 Å². The molecule has 0 heterocycles. The number of nitrogens with two attached hydrogens (primary N) is 1. The van der Waals surface area contributed by atoms with E-state index in [0.29, 0.717) is 5.75 Å². The number of ether oxygens (including phenoxy) is 1. The molecule has 20 heavy (non-hydrogen) atoms. The summed E-state index contributed by atoms with van der Waals surface area (Å²) in [6.07, 6.45) is 0.114. The van der Waals surface area contributed by atoms with Gasteiger partial charge in [-0.25, -0.2) is 4.39 Å². The van der Waals surface area contributed by atoms with Gasteiger partial charge in [0.05, 0.1) is 18.7 Å². The van der Waals surface area contributed by atoms with Crippen molar-refractivity contribution < 1.29 is 13.9 Å². The van der Waals surface area contributed by atoms with Gasteiger partial charge in [-0.3, -0.25) is 4.79 Å². The summed E-state index contributed by atoms with van der Waals surface area (Å²) in [5, 5.41) is 2.45. The van der Waals surface area contributed by atoms with Crippen LogP contribution in [0.5, 0.6) is 5.75 Å². The Morgan fingerprint density at radius 1 is 1.15 bits per heavy atom. The summed E-state index contributed by atoms with van der Waals surface area (Å²) in [5.74, 6) is -0.217. The fraction of sp³-hybridized carbons (Fsp3) is 0.133. The third kappa shape index (κ3) is 3.71. The average molecular weight is 274 g/mol. The molecule has 0 fully saturated rings. The predicted molar refractivity (Wildman–Crippen MR) is 76.0 cm³/mol. The minimum atomic E-state index is -0.553. The molecule has 4 nitrogen and oxygen atoms in total. The lowest BCUT2D eigenvalue weighted by atomic mass is 10.2. The summed E-state index contributed by atoms with van der Waals surface area (Å²) in [4.78, 5) is 11.7. The van der Waals surface area contributed by atoms with E-state index in [9.17, 15) is 9.18 Å². The van der Waals surface area contributed by atoms with Crippen LogP contribution >= 0.6 is 0 Å². The van der Waals surface area contributed by atoms with Crippen molar-refractivity contribution in [2.75, 3.05) is 17.7 Å². The molecule has 5 heteroatoms. The molecule has 3 N–H and O–H groups in total. The lowest BCUT2D eigenvalue weighted by molar-refractivity contribution is -0.116. The van der Waals surface area contributed by atoms with Crippen LogP contribution in [0.2, 0.25) is 0 Å². The lowest BCUT2D eigenvalue weighted by Gasteiger charge is -2.09. The van der Waals surface area contributed by atoms with Crippen LogP contribution < -0.4 is 15.8 Å². The van der Waals surface area contributed by atoms with E-state index in [0.717, 1.165) is 0 Å². The van der Waals surface area contributed by atoms with Crippen LogP contribution in [0.4, 0.5) is 15.8 Å². The van der Waals surface area contributed by atoms with Gasteiger partial charge in [-0.15, -0.1) is 0 Å². The van der Waals surface area contributed by atoms with E-state index in [4.69, 9.17) is 10.5 Å². The number of anilines is 2. The van der Waals surface area contributed by atoms with Gasteiger partial charge >= 0.3 is 0 Å². The first-order valence-electron chi connectivity index (χ1n) is 6.18. The Morgan fingerprint density at radius 3 is 2.60 bits per heavy atom. The van der Waals surface area contributed by atoms with Crippen molar-refractivity contribution in [3.8, 4) is 5.75 Å². The van der Waals surface area contributed by atoms with Gasteiger partial charge in [-0.05, 0) is 24.3 Å². The standard InChI is InChI=1S/C15H15FN2O2/c16-12-7-4-8-13(17)15(12)18-14(19)9-10-20-11-5-2-1-3-6-11/h1-8H,9-10,17H2,(H,18,19). The number of carbonyl (C=O) groups is 1. The van der Waals surface area contributed by atoms with Crippen LogP contribution in [-0.4, -0.2) is 12.5 Å². The van der Waals surface area contributed by atoms with Crippen LogP contribution in [0.3, 0.4) is 0 Å². The van der Waals surface area contributed by atoms with E-state index < -0.39 is 5.82 Å². The Labute approximate surface area is 116 Å². The molecule has 2 aromatic carbocycles. The first kappa shape index (κ1) is 13.9. The zero-order chi connectivity index (χ0) is 14.4. The monoisotopic (exact) mass is 274 g/mol. The van der Waals surface area contributed by atoms with E-state index in [-0.39, 0.29) is 30.3 Å². The highest BCUT2D eigenvalue weighted by Crippen LogP contribution is 2.21. The molecule has 1 amide bonds. The highest BCUT2D eigenvalue weighted by atomic mass is 19.1. The van der Waals surface area contributed by atoms with Gasteiger partial charge in [0.2, 0.25) is 5.91 Å². The van der Waals surface area contributed by atoms with E-state index >= 15 is 0 Å². The Bertz CT molecular complexity index is 567. The zero-order valence-electron chi connectivity index (χ0n) is 10.8. The van der Waals surface area contributed by atoms with Gasteiger partial charge in [0.25, 0.3) is 0 Å². The quantitative estimate of drug-likeness (QED) is 0.824. The van der Waals surface area contributed by atoms with Gasteiger partial charge in [0.15, 0.2) is 0 Å². The highest BCUT2D eigenvalue weighted by Gasteiger charge is 2.10. The van der Waals surface area contributed by atoms with Gasteiger partial charge in [0, 0.05) is 0 Å². The molecular formula is C15H15FN2O2. The van der Waals surface area contributed by atoms with Crippen LogP contribution in [0.1, 0.15) is 6.42 Å². The lowest BCUT2D eigenvalue weighted by Crippen LogP contribution is -2.17. The largest absolute Gasteiger partial charge is 0.493 e. The van der Waals surface area contributed by atoms with Gasteiger partial charge in [-0.1, -0.05) is 24.3 Å². The summed E-state index contributed by atoms with van der Waals surface area (Å²) in [5.41, 5.74) is 5.81. The third-order valence-corrected chi connectivity index (χ3v) is 2.65. The minimum Gasteiger partial charge on any atom is -0.493 e. The highest BCUT2D eigenvalue weighted by molar-refractivity contribution is 5.94. The Hall–Kier alpha value is -2.56. The van der Waals surface area contributed by atoms with Crippen molar-refractivity contribution >= 4 is 17.3 Å². The van der Waals surface area contributed by atoms with Crippen molar-refractivity contribution in [2.24, 2.45) is 0 Å². The summed E-state index contributed by atoms with van der Waals surface area (Å²) >= 11 is 0. The summed E-state index contributed by atoms with van der Waals surface area (Å²) in [6.45, 7) is 0.213. The van der Waals surface area contributed by atoms with Crippen molar-refractivity contribution in [3.63, 3.8) is 0 Å². The Balaban J connectivity index is 1.84. The summed E-state index contributed by atoms with van der Waals surface area (Å²) < 4.78 is 18.9. The van der Waals surface area contributed by atoms with Gasteiger partial charge < -0.3 is 15.8 Å². The van der Waals surface area contributed by atoms with Crippen LogP contribution in [0.15, 0.2) is 48.5 Å². The molecule has 0 aliphatic carbocycles. The first-order valence-corrected chi connectivity index (χ1v) is 6.18. The maximum atomic E-state index is 13.5. The smallest absolute Gasteiger partial charge is 0.227 e. The normalized spacial score (nSPS) is 10.1. The molecule has 2 aromatic rings. The van der Waals surface area contributed by atoms with Crippen molar-refractivity contribution in [1.29, 1.82) is 0 Å². The molecule has 0 saturated heterocycles. The number of carbonyl (C=O) groups excluding carboxylic acids is 1. The number of amides is 1. The number of hydrogen-bond donors (Lipinski definition) is 2. The predicted octanol–water partition coefficient (Wildman–Crippen LogP) is 2.82. The fourth-order valence-corrected chi connectivity index (χ4v) is 1.65. The molecule has 104 valence electrons. The molecule has 0 aliphatic heterocycles. The van der Waals surface area contributed by atoms with Gasteiger partial charge in [-0.2, -0.15) is 0 Å². The fourth-order valence-electron chi connectivity index (χ4n) is 1.65. The Kier molecular flexibility index (Phi) is 4.55. The molecule has 0 aliphatic rings. The number of halogens is 1. The van der Waals surface area contributed by atoms with Crippen LogP contribution in [0.25, 0.3) is 0 Å². The molecule has 0 spiro atoms. The molecule has 0 radical (unpaired) electrons. The van der Waals surface area contributed by atoms with E-state index in [1.54, 1.807) is 12.1 Å². The second-order valence-electron chi connectivity index (χ2n) is 4.16. The molecule has 0 aromatic heterocycles. The van der Waals surface area contributed by atoms with Crippen molar-refractivity contribution in [1.82, 2.24) is 0 Å². The molecule has 2 rings (SSSR count). The second kappa shape index (κ2) is 6.56. The van der Waals surface area contributed by atoms with E-state index in [1.165, 1.54) is 18.2 Å². The zero-order valence-corrected chi connectivity index (χ0v) is 10.8. The number of rotatable bonds is 5. The average Bonchev–Trinajstić information content (AvgIpc) is 2.44. The maximum Gasteiger partial charge on any atom is 0.227 e. The number of para-hydroxylation sites is 2. The van der Waals surface area contributed by atoms with Crippen molar-refractivity contribution in [2.45, 2.75) is 6.42 Å². The molecular weight excluding hydrogens is 259 g/mol. The molecule has 0 bridgehead atoms. The molecule has 0 atom stereocenters. The minimum absolute atomic E-state index is 0.0113. The Morgan fingerprint density at radius 2 is 1.90 bits per heavy atom. The number of nitrogen functional groups attached to an aromatic ring is 1. The van der Waals surface area contributed by atoms with E-state index in [1.807, 2.05) is 18.2 Å². The molecule has 0 unspecified atom stereocenters. The first-order chi connectivity index (χ1) is 9.66. The topological polar surface area (TPSA) is 64.3 Å². The second-order valence-corrected chi connectivity index (χ2v) is 4.16. The number of benzene rings is 2. The third-order valence-electron chi connectivity index (χ3n) is 2.65. The maximum absolute atomic E-state index is 13.5. The SMILES string of the molecule is Nc1cccc(F)c1NC(=O)CCOc1ccccc1. The number of hydrogen-bond acceptors (Lipinski definition) is 3. The molecule has 0 saturated carbocycles.